The molecule has 5 N–H and O–H groups in total. The lowest BCUT2D eigenvalue weighted by Gasteiger charge is -2.31. The fourth-order valence-electron chi connectivity index (χ4n) is 2.17. The molecule has 0 fully saturated rings. The first-order valence-corrected chi connectivity index (χ1v) is 6.88. The molecule has 0 aliphatic carbocycles. The summed E-state index contributed by atoms with van der Waals surface area (Å²) in [7, 11) is 0. The van der Waals surface area contributed by atoms with Gasteiger partial charge < -0.3 is 16.8 Å². The van der Waals surface area contributed by atoms with Gasteiger partial charge in [-0.3, -0.25) is 0 Å². The molecular weight excluding hydrogens is 222 g/mol. The number of nitrogens with two attached hydrogens (primary N) is 2. The molecule has 0 amide bonds. The van der Waals surface area contributed by atoms with Gasteiger partial charge >= 0.3 is 0 Å². The third-order valence-corrected chi connectivity index (χ3v) is 4.02. The summed E-state index contributed by atoms with van der Waals surface area (Å²) in [5, 5.41) is 3.47. The number of benzene rings is 1. The Bertz CT molecular complexity index is 312. The maximum absolute atomic E-state index is 6.15. The van der Waals surface area contributed by atoms with Crippen LogP contribution in [-0.2, 0) is 0 Å². The zero-order valence-electron chi connectivity index (χ0n) is 11.7. The monoisotopic (exact) mass is 249 g/mol. The molecule has 0 radical (unpaired) electrons. The third-order valence-electron chi connectivity index (χ3n) is 4.02. The third kappa shape index (κ3) is 4.09. The van der Waals surface area contributed by atoms with Gasteiger partial charge in [-0.15, -0.1) is 0 Å². The molecule has 0 heterocycles. The average Bonchev–Trinajstić information content (AvgIpc) is 2.45. The van der Waals surface area contributed by atoms with Crippen molar-refractivity contribution in [3.63, 3.8) is 0 Å². The van der Waals surface area contributed by atoms with Gasteiger partial charge in [0.05, 0.1) is 0 Å². The van der Waals surface area contributed by atoms with Gasteiger partial charge in [-0.25, -0.2) is 0 Å². The van der Waals surface area contributed by atoms with Gasteiger partial charge in [0.1, 0.15) is 0 Å². The molecule has 3 nitrogen and oxygen atoms in total. The second kappa shape index (κ2) is 7.52. The quantitative estimate of drug-likeness (QED) is 0.660. The molecule has 1 aromatic rings. The topological polar surface area (TPSA) is 64.1 Å². The van der Waals surface area contributed by atoms with E-state index in [1.807, 2.05) is 18.2 Å². The van der Waals surface area contributed by atoms with Crippen LogP contribution in [0.25, 0.3) is 0 Å². The lowest BCUT2D eigenvalue weighted by atomic mass is 9.82. The normalized spacial score (nSPS) is 13.6. The highest BCUT2D eigenvalue weighted by Gasteiger charge is 2.23. The van der Waals surface area contributed by atoms with E-state index >= 15 is 0 Å². The van der Waals surface area contributed by atoms with Gasteiger partial charge in [0.15, 0.2) is 0 Å². The van der Waals surface area contributed by atoms with Crippen molar-refractivity contribution in [1.82, 2.24) is 5.32 Å². The van der Waals surface area contributed by atoms with Crippen LogP contribution >= 0.6 is 0 Å². The zero-order valence-corrected chi connectivity index (χ0v) is 11.7. The van der Waals surface area contributed by atoms with E-state index < -0.39 is 0 Å². The molecule has 0 saturated heterocycles. The van der Waals surface area contributed by atoms with Crippen LogP contribution in [0.2, 0.25) is 0 Å². The highest BCUT2D eigenvalue weighted by molar-refractivity contribution is 5.18. The van der Waals surface area contributed by atoms with Crippen LogP contribution in [0.5, 0.6) is 0 Å². The Labute approximate surface area is 111 Å². The van der Waals surface area contributed by atoms with Gasteiger partial charge in [-0.1, -0.05) is 44.2 Å². The lowest BCUT2D eigenvalue weighted by molar-refractivity contribution is 0.257. The highest BCUT2D eigenvalue weighted by atomic mass is 14.9. The smallest absolute Gasteiger partial charge is 0.0421 e. The van der Waals surface area contributed by atoms with E-state index in [4.69, 9.17) is 11.5 Å². The molecule has 102 valence electrons. The predicted molar refractivity (Wildman–Crippen MR) is 78.3 cm³/mol. The van der Waals surface area contributed by atoms with Gasteiger partial charge in [-0.2, -0.15) is 0 Å². The van der Waals surface area contributed by atoms with E-state index in [9.17, 15) is 0 Å². The largest absolute Gasteiger partial charge is 0.330 e. The van der Waals surface area contributed by atoms with Crippen LogP contribution in [0.3, 0.4) is 0 Å². The Morgan fingerprint density at radius 2 is 1.78 bits per heavy atom. The second-order valence-corrected chi connectivity index (χ2v) is 5.06. The maximum Gasteiger partial charge on any atom is 0.0421 e. The Balaban J connectivity index is 2.42. The van der Waals surface area contributed by atoms with Crippen molar-refractivity contribution in [2.24, 2.45) is 16.9 Å². The summed E-state index contributed by atoms with van der Waals surface area (Å²) >= 11 is 0. The zero-order chi connectivity index (χ0) is 13.4. The Morgan fingerprint density at radius 3 is 2.28 bits per heavy atom. The van der Waals surface area contributed by atoms with Gasteiger partial charge in [0.2, 0.25) is 0 Å². The predicted octanol–water partition coefficient (Wildman–Crippen LogP) is 2.04. The van der Waals surface area contributed by atoms with Crippen LogP contribution < -0.4 is 16.8 Å². The Hall–Kier alpha value is -0.900. The summed E-state index contributed by atoms with van der Waals surface area (Å²) < 4.78 is 0. The summed E-state index contributed by atoms with van der Waals surface area (Å²) in [6.07, 6.45) is 2.21. The Kier molecular flexibility index (Phi) is 6.33. The van der Waals surface area contributed by atoms with Gasteiger partial charge in [-0.05, 0) is 30.4 Å². The molecule has 3 heteroatoms. The number of hydrogen-bond donors (Lipinski definition) is 3. The van der Waals surface area contributed by atoms with E-state index in [0.717, 1.165) is 32.5 Å². The molecule has 0 bridgehead atoms. The first-order valence-electron chi connectivity index (χ1n) is 6.88. The molecule has 1 aromatic carbocycles. The first-order chi connectivity index (χ1) is 8.67. The Morgan fingerprint density at radius 1 is 1.17 bits per heavy atom. The molecule has 0 saturated carbocycles. The summed E-state index contributed by atoms with van der Waals surface area (Å²) in [4.78, 5) is 0. The minimum Gasteiger partial charge on any atom is -0.330 e. The van der Waals surface area contributed by atoms with Gasteiger partial charge in [0.25, 0.3) is 0 Å². The fraction of sp³-hybridized carbons (Fsp3) is 0.600. The number of rotatable bonds is 8. The maximum atomic E-state index is 6.15. The van der Waals surface area contributed by atoms with E-state index in [1.165, 1.54) is 5.56 Å². The molecule has 18 heavy (non-hydrogen) atoms. The highest BCUT2D eigenvalue weighted by Crippen LogP contribution is 2.23. The van der Waals surface area contributed by atoms with Gasteiger partial charge in [0, 0.05) is 19.1 Å². The molecule has 0 aromatic heterocycles. The van der Waals surface area contributed by atoms with E-state index in [-0.39, 0.29) is 11.5 Å². The minimum absolute atomic E-state index is 0.0513. The minimum atomic E-state index is 0.0513. The van der Waals surface area contributed by atoms with Crippen molar-refractivity contribution in [3.05, 3.63) is 35.9 Å². The van der Waals surface area contributed by atoms with Crippen molar-refractivity contribution in [3.8, 4) is 0 Å². The molecule has 1 unspecified atom stereocenters. The molecule has 1 atom stereocenters. The number of nitrogens with one attached hydrogen (secondary N) is 1. The van der Waals surface area contributed by atoms with Crippen LogP contribution in [0.15, 0.2) is 30.3 Å². The van der Waals surface area contributed by atoms with E-state index in [2.05, 4.69) is 31.3 Å². The summed E-state index contributed by atoms with van der Waals surface area (Å²) in [5.74, 6) is 0. The van der Waals surface area contributed by atoms with Crippen molar-refractivity contribution < 1.29 is 0 Å². The molecule has 0 aliphatic heterocycles. The molecule has 0 spiro atoms. The van der Waals surface area contributed by atoms with Crippen molar-refractivity contribution in [2.75, 3.05) is 19.6 Å². The van der Waals surface area contributed by atoms with Crippen molar-refractivity contribution in [1.29, 1.82) is 0 Å². The average molecular weight is 249 g/mol. The van der Waals surface area contributed by atoms with E-state index in [1.54, 1.807) is 0 Å². The first kappa shape index (κ1) is 15.2. The summed E-state index contributed by atoms with van der Waals surface area (Å²) in [6.45, 7) is 6.88. The molecule has 0 aliphatic rings. The molecule has 1 rings (SSSR count). The van der Waals surface area contributed by atoms with Crippen LogP contribution in [0.4, 0.5) is 0 Å². The second-order valence-electron chi connectivity index (χ2n) is 5.06. The summed E-state index contributed by atoms with van der Waals surface area (Å²) in [5.41, 5.74) is 13.4. The standard InChI is InChI=1S/C15H27N3/c1-3-15(4-2,11-16)12-18-10-14(17)13-8-6-5-7-9-13/h5-9,14,18H,3-4,10-12,16-17H2,1-2H3. The van der Waals surface area contributed by atoms with E-state index in [0.29, 0.717) is 0 Å². The number of hydrogen-bond acceptors (Lipinski definition) is 3. The van der Waals surface area contributed by atoms with Crippen molar-refractivity contribution >= 4 is 0 Å². The van der Waals surface area contributed by atoms with Crippen LogP contribution in [-0.4, -0.2) is 19.6 Å². The lowest BCUT2D eigenvalue weighted by Crippen LogP contribution is -2.41. The van der Waals surface area contributed by atoms with Crippen LogP contribution in [0.1, 0.15) is 38.3 Å². The molecular formula is C15H27N3. The summed E-state index contributed by atoms with van der Waals surface area (Å²) in [6, 6.07) is 10.3. The van der Waals surface area contributed by atoms with Crippen LogP contribution in [0, 0.1) is 5.41 Å². The fourth-order valence-corrected chi connectivity index (χ4v) is 2.17. The SMILES string of the molecule is CCC(CC)(CN)CNCC(N)c1ccccc1. The van der Waals surface area contributed by atoms with Crippen molar-refractivity contribution in [2.45, 2.75) is 32.7 Å².